The van der Waals surface area contributed by atoms with Gasteiger partial charge >= 0.3 is 0 Å². The number of nitrogens with zero attached hydrogens (tertiary/aromatic N) is 1. The minimum Gasteiger partial charge on any atom is -0.390 e. The van der Waals surface area contributed by atoms with Gasteiger partial charge in [0.2, 0.25) is 5.91 Å². The van der Waals surface area contributed by atoms with E-state index in [0.29, 0.717) is 45.6 Å². The maximum Gasteiger partial charge on any atom is 0.239 e. The van der Waals surface area contributed by atoms with Crippen LogP contribution in [0.3, 0.4) is 0 Å². The Balaban J connectivity index is 1.43. The van der Waals surface area contributed by atoms with Crippen LogP contribution in [0, 0.1) is 5.92 Å². The third-order valence-electron chi connectivity index (χ3n) is 5.57. The van der Waals surface area contributed by atoms with E-state index >= 15 is 0 Å². The van der Waals surface area contributed by atoms with Gasteiger partial charge in [0, 0.05) is 32.8 Å². The summed E-state index contributed by atoms with van der Waals surface area (Å²) in [6.45, 7) is 4.79. The van der Waals surface area contributed by atoms with Crippen LogP contribution in [0.4, 0.5) is 0 Å². The molecule has 0 radical (unpaired) electrons. The summed E-state index contributed by atoms with van der Waals surface area (Å²) in [4.78, 5) is 14.8. The molecule has 0 aromatic heterocycles. The molecule has 2 N–H and O–H groups in total. The lowest BCUT2D eigenvalue weighted by Crippen LogP contribution is -2.55. The second kappa shape index (κ2) is 7.92. The van der Waals surface area contributed by atoms with Crippen molar-refractivity contribution in [2.45, 2.75) is 50.2 Å². The first-order valence-corrected chi connectivity index (χ1v) is 9.06. The Bertz CT molecular complexity index is 394. The van der Waals surface area contributed by atoms with E-state index in [2.05, 4.69) is 10.2 Å². The van der Waals surface area contributed by atoms with Gasteiger partial charge in [0.1, 0.15) is 6.04 Å². The lowest BCUT2D eigenvalue weighted by molar-refractivity contribution is -0.133. The van der Waals surface area contributed by atoms with Crippen molar-refractivity contribution in [3.05, 3.63) is 0 Å². The zero-order valence-corrected chi connectivity index (χ0v) is 14.0. The molecule has 0 spiro atoms. The number of nitrogens with one attached hydrogen (secondary N) is 1. The van der Waals surface area contributed by atoms with Gasteiger partial charge in [-0.05, 0) is 38.0 Å². The molecule has 0 bridgehead atoms. The molecule has 6 nitrogen and oxygen atoms in total. The van der Waals surface area contributed by atoms with Crippen LogP contribution >= 0.6 is 0 Å². The highest BCUT2D eigenvalue weighted by Crippen LogP contribution is 2.28. The molecule has 2 aliphatic heterocycles. The molecule has 1 atom stereocenters. The van der Waals surface area contributed by atoms with E-state index < -0.39 is 5.60 Å². The number of rotatable bonds is 6. The maximum atomic E-state index is 12.5. The molecule has 0 aromatic rings. The summed E-state index contributed by atoms with van der Waals surface area (Å²) in [5, 5.41) is 13.4. The Morgan fingerprint density at radius 3 is 2.70 bits per heavy atom. The average Bonchev–Trinajstić information content (AvgIpc) is 2.52. The van der Waals surface area contributed by atoms with Gasteiger partial charge in [-0.2, -0.15) is 0 Å². The normalized spacial score (nSPS) is 29.0. The molecule has 3 rings (SSSR count). The van der Waals surface area contributed by atoms with Gasteiger partial charge in [-0.25, -0.2) is 0 Å². The summed E-state index contributed by atoms with van der Waals surface area (Å²) in [5.74, 6) is 0.797. The number of carbonyl (C=O) groups excluding carboxylic acids is 1. The summed E-state index contributed by atoms with van der Waals surface area (Å²) >= 11 is 0. The summed E-state index contributed by atoms with van der Waals surface area (Å²) in [6.07, 6.45) is 5.82. The van der Waals surface area contributed by atoms with Gasteiger partial charge in [0.05, 0.1) is 18.8 Å². The SMILES string of the molecule is O=C(NCCC1(O)CCOCC1)C1COCCN1CC1CCC1. The Labute approximate surface area is 138 Å². The molecular formula is C17H30N2O4. The van der Waals surface area contributed by atoms with Gasteiger partial charge in [0.15, 0.2) is 0 Å². The van der Waals surface area contributed by atoms with Gasteiger partial charge in [0.25, 0.3) is 0 Å². The van der Waals surface area contributed by atoms with Crippen LogP contribution < -0.4 is 5.32 Å². The summed E-state index contributed by atoms with van der Waals surface area (Å²) in [7, 11) is 0. The van der Waals surface area contributed by atoms with Crippen molar-refractivity contribution in [3.63, 3.8) is 0 Å². The number of morpholine rings is 1. The van der Waals surface area contributed by atoms with E-state index in [9.17, 15) is 9.90 Å². The molecule has 0 aromatic carbocycles. The zero-order valence-electron chi connectivity index (χ0n) is 14.0. The highest BCUT2D eigenvalue weighted by atomic mass is 16.5. The van der Waals surface area contributed by atoms with E-state index in [1.54, 1.807) is 0 Å². The zero-order chi connectivity index (χ0) is 16.1. The highest BCUT2D eigenvalue weighted by molar-refractivity contribution is 5.82. The highest BCUT2D eigenvalue weighted by Gasteiger charge is 2.33. The topological polar surface area (TPSA) is 71.0 Å². The first-order chi connectivity index (χ1) is 11.2. The molecule has 1 amide bonds. The number of aliphatic hydroxyl groups is 1. The van der Waals surface area contributed by atoms with E-state index in [1.165, 1.54) is 19.3 Å². The monoisotopic (exact) mass is 326 g/mol. The average molecular weight is 326 g/mol. The van der Waals surface area contributed by atoms with Crippen molar-refractivity contribution in [1.82, 2.24) is 10.2 Å². The number of hydrogen-bond acceptors (Lipinski definition) is 5. The quantitative estimate of drug-likeness (QED) is 0.745. The Hall–Kier alpha value is -0.690. The Morgan fingerprint density at radius 2 is 2.00 bits per heavy atom. The summed E-state index contributed by atoms with van der Waals surface area (Å²) < 4.78 is 10.8. The molecule has 3 aliphatic rings. The number of carbonyl (C=O) groups is 1. The second-order valence-corrected chi connectivity index (χ2v) is 7.26. The summed E-state index contributed by atoms with van der Waals surface area (Å²) in [6, 6.07) is -0.173. The molecule has 2 saturated heterocycles. The first-order valence-electron chi connectivity index (χ1n) is 9.06. The van der Waals surface area contributed by atoms with Gasteiger partial charge in [-0.3, -0.25) is 9.69 Å². The van der Waals surface area contributed by atoms with Crippen LogP contribution in [-0.2, 0) is 14.3 Å². The molecule has 23 heavy (non-hydrogen) atoms. The maximum absolute atomic E-state index is 12.5. The van der Waals surface area contributed by atoms with Crippen molar-refractivity contribution in [1.29, 1.82) is 0 Å². The van der Waals surface area contributed by atoms with Crippen LogP contribution in [0.5, 0.6) is 0 Å². The van der Waals surface area contributed by atoms with Gasteiger partial charge < -0.3 is 19.9 Å². The van der Waals surface area contributed by atoms with Gasteiger partial charge in [-0.15, -0.1) is 0 Å². The van der Waals surface area contributed by atoms with Crippen LogP contribution in [0.2, 0.25) is 0 Å². The molecular weight excluding hydrogens is 296 g/mol. The van der Waals surface area contributed by atoms with Crippen LogP contribution in [0.1, 0.15) is 38.5 Å². The molecule has 1 aliphatic carbocycles. The van der Waals surface area contributed by atoms with Crippen molar-refractivity contribution in [2.75, 3.05) is 46.1 Å². The molecule has 3 fully saturated rings. The lowest BCUT2D eigenvalue weighted by atomic mass is 9.84. The van der Waals surface area contributed by atoms with Crippen molar-refractivity contribution in [3.8, 4) is 0 Å². The first kappa shape index (κ1) is 17.1. The predicted octanol–water partition coefficient (Wildman–Crippen LogP) is 0.535. The van der Waals surface area contributed by atoms with E-state index in [1.807, 2.05) is 0 Å². The van der Waals surface area contributed by atoms with Crippen molar-refractivity contribution < 1.29 is 19.4 Å². The molecule has 2 heterocycles. The number of amides is 1. The molecule has 132 valence electrons. The standard InChI is InChI=1S/C17H30N2O4/c20-16(18-7-4-17(21)5-9-22-10-6-17)15-13-23-11-8-19(15)12-14-2-1-3-14/h14-15,21H,1-13H2,(H,18,20). The smallest absolute Gasteiger partial charge is 0.239 e. The van der Waals surface area contributed by atoms with E-state index in [-0.39, 0.29) is 11.9 Å². The fourth-order valence-corrected chi connectivity index (χ4v) is 3.64. The minimum atomic E-state index is -0.680. The largest absolute Gasteiger partial charge is 0.390 e. The summed E-state index contributed by atoms with van der Waals surface area (Å²) in [5.41, 5.74) is -0.680. The van der Waals surface area contributed by atoms with E-state index in [4.69, 9.17) is 9.47 Å². The molecule has 6 heteroatoms. The third kappa shape index (κ3) is 4.66. The Kier molecular flexibility index (Phi) is 5.91. The lowest BCUT2D eigenvalue weighted by Gasteiger charge is -2.39. The fourth-order valence-electron chi connectivity index (χ4n) is 3.64. The second-order valence-electron chi connectivity index (χ2n) is 7.26. The predicted molar refractivity (Wildman–Crippen MR) is 86.2 cm³/mol. The van der Waals surface area contributed by atoms with Gasteiger partial charge in [-0.1, -0.05) is 6.42 Å². The number of hydrogen-bond donors (Lipinski definition) is 2. The number of ether oxygens (including phenoxy) is 2. The minimum absolute atomic E-state index is 0.0414. The van der Waals surface area contributed by atoms with E-state index in [0.717, 1.165) is 25.6 Å². The van der Waals surface area contributed by atoms with Crippen LogP contribution in [0.25, 0.3) is 0 Å². The van der Waals surface area contributed by atoms with Crippen molar-refractivity contribution >= 4 is 5.91 Å². The molecule has 1 saturated carbocycles. The van der Waals surface area contributed by atoms with Crippen LogP contribution in [-0.4, -0.2) is 73.6 Å². The Morgan fingerprint density at radius 1 is 1.22 bits per heavy atom. The third-order valence-corrected chi connectivity index (χ3v) is 5.57. The molecule has 1 unspecified atom stereocenters. The fraction of sp³-hybridized carbons (Fsp3) is 0.941. The van der Waals surface area contributed by atoms with Crippen molar-refractivity contribution in [2.24, 2.45) is 5.92 Å². The van der Waals surface area contributed by atoms with Crippen LogP contribution in [0.15, 0.2) is 0 Å².